The zero-order chi connectivity index (χ0) is 45.3. The average molecular weight is 901 g/mol. The molecule has 0 spiro atoms. The van der Waals surface area contributed by atoms with Crippen LogP contribution in [-0.4, -0.2) is 78.3 Å². The summed E-state index contributed by atoms with van der Waals surface area (Å²) in [7, 11) is 3.14. The zero-order valence-corrected chi connectivity index (χ0v) is 37.1. The Morgan fingerprint density at radius 3 is 1.73 bits per heavy atom. The van der Waals surface area contributed by atoms with Gasteiger partial charge in [-0.05, 0) is 124 Å². The normalized spacial score (nSPS) is 13.5. The Labute approximate surface area is 380 Å². The molecule has 0 bridgehead atoms. The molecule has 2 heterocycles. The number of nitrogens with zero attached hydrogens (tertiary/aromatic N) is 4. The highest BCUT2D eigenvalue weighted by atomic mass is 35.5. The van der Waals surface area contributed by atoms with Gasteiger partial charge >= 0.3 is 0 Å². The number of methoxy groups -OCH3 is 2. The molecule has 15 heteroatoms. The summed E-state index contributed by atoms with van der Waals surface area (Å²) in [5.74, 6) is 0.281. The van der Waals surface area contributed by atoms with Gasteiger partial charge in [0.15, 0.2) is 5.78 Å². The number of hydrogen-bond acceptors (Lipinski definition) is 10. The van der Waals surface area contributed by atoms with Crippen LogP contribution in [0.4, 0.5) is 11.4 Å². The predicted molar refractivity (Wildman–Crippen MR) is 245 cm³/mol. The lowest BCUT2D eigenvalue weighted by Crippen LogP contribution is -2.40. The van der Waals surface area contributed by atoms with Gasteiger partial charge in [-0.1, -0.05) is 54.9 Å². The van der Waals surface area contributed by atoms with Crippen LogP contribution >= 0.6 is 23.2 Å². The number of ether oxygens (including phenoxy) is 3. The summed E-state index contributed by atoms with van der Waals surface area (Å²) in [5.41, 5.74) is 5.19. The van der Waals surface area contributed by atoms with Crippen LogP contribution in [0, 0.1) is 32.9 Å². The quantitative estimate of drug-likeness (QED) is 0.0723. The van der Waals surface area contributed by atoms with E-state index in [2.05, 4.69) is 25.2 Å². The van der Waals surface area contributed by atoms with E-state index in [0.29, 0.717) is 56.5 Å². The fourth-order valence-corrected chi connectivity index (χ4v) is 6.83. The monoisotopic (exact) mass is 899 g/mol. The molecule has 0 radical (unpaired) electrons. The maximum atomic E-state index is 12.6. The smallest absolute Gasteiger partial charge is 0.247 e. The van der Waals surface area contributed by atoms with Gasteiger partial charge in [-0.2, -0.15) is 0 Å². The maximum absolute atomic E-state index is 12.6. The van der Waals surface area contributed by atoms with Crippen LogP contribution in [0.15, 0.2) is 77.2 Å². The Morgan fingerprint density at radius 1 is 0.778 bits per heavy atom. The van der Waals surface area contributed by atoms with Gasteiger partial charge in [0.2, 0.25) is 29.1 Å². The van der Waals surface area contributed by atoms with Crippen molar-refractivity contribution >= 4 is 46.3 Å². The number of aliphatic hydroxyl groups excluding tert-OH is 2. The molecule has 3 N–H and O–H groups in total. The second-order valence-electron chi connectivity index (χ2n) is 14.6. The molecule has 5 aromatic rings. The van der Waals surface area contributed by atoms with Gasteiger partial charge < -0.3 is 34.2 Å². The van der Waals surface area contributed by atoms with Crippen molar-refractivity contribution in [3.8, 4) is 23.0 Å². The molecule has 63 heavy (non-hydrogen) atoms. The van der Waals surface area contributed by atoms with Gasteiger partial charge in [0.1, 0.15) is 11.5 Å². The highest BCUT2D eigenvalue weighted by Crippen LogP contribution is 2.35. The van der Waals surface area contributed by atoms with Crippen LogP contribution in [-0.2, 0) is 22.4 Å². The van der Waals surface area contributed by atoms with Crippen molar-refractivity contribution < 1.29 is 38.4 Å². The summed E-state index contributed by atoms with van der Waals surface area (Å²) in [6, 6.07) is 20.8. The maximum Gasteiger partial charge on any atom is 0.247 e. The molecule has 1 aliphatic rings. The zero-order valence-electron chi connectivity index (χ0n) is 35.6. The minimum atomic E-state index is -0.926. The Morgan fingerprint density at radius 2 is 1.29 bits per heavy atom. The number of nitrogens with one attached hydrogen (secondary N) is 1. The van der Waals surface area contributed by atoms with Gasteiger partial charge in [-0.15, -0.1) is 10.2 Å². The van der Waals surface area contributed by atoms with Gasteiger partial charge in [0.05, 0.1) is 68.0 Å². The van der Waals surface area contributed by atoms with E-state index < -0.39 is 30.0 Å². The molecule has 4 aromatic carbocycles. The molecule has 1 amide bonds. The number of carbonyl (C=O) groups is 2. The molecule has 1 fully saturated rings. The summed E-state index contributed by atoms with van der Waals surface area (Å²) in [6.07, 6.45) is 1.63. The Balaban J connectivity index is 0.000000297. The molecule has 1 aromatic heterocycles. The highest BCUT2D eigenvalue weighted by Gasteiger charge is 2.27. The number of amides is 1. The average Bonchev–Trinajstić information content (AvgIpc) is 4.04. The number of aliphatic hydroxyl groups is 2. The second kappa shape index (κ2) is 25.3. The first-order valence-corrected chi connectivity index (χ1v) is 20.7. The Bertz CT molecular complexity index is 2340. The summed E-state index contributed by atoms with van der Waals surface area (Å²) in [4.78, 5) is 31.7. The molecule has 0 unspecified atom stereocenters. The molecule has 1 aliphatic heterocycles. The van der Waals surface area contributed by atoms with E-state index in [1.807, 2.05) is 37.3 Å². The third-order valence-corrected chi connectivity index (χ3v) is 11.3. The fourth-order valence-electron chi connectivity index (χ4n) is 6.38. The van der Waals surface area contributed by atoms with Crippen LogP contribution in [0.1, 0.15) is 78.5 Å². The Hall–Kier alpha value is -5.80. The first-order valence-electron chi connectivity index (χ1n) is 19.9. The van der Waals surface area contributed by atoms with E-state index in [9.17, 15) is 19.8 Å². The van der Waals surface area contributed by atoms with Gasteiger partial charge in [-0.3, -0.25) is 9.59 Å². The molecular weight excluding hydrogens is 845 g/mol. The number of ketones is 1. The minimum Gasteiger partial charge on any atom is -0.497 e. The highest BCUT2D eigenvalue weighted by molar-refractivity contribution is 6.34. The van der Waals surface area contributed by atoms with Crippen LogP contribution in [0.2, 0.25) is 10.0 Å². The third-order valence-electron chi connectivity index (χ3n) is 10.3. The van der Waals surface area contributed by atoms with Gasteiger partial charge in [0.25, 0.3) is 0 Å². The topological polar surface area (TPSA) is 162 Å². The second-order valence-corrected chi connectivity index (χ2v) is 15.3. The van der Waals surface area contributed by atoms with Gasteiger partial charge in [0, 0.05) is 24.3 Å². The lowest BCUT2D eigenvalue weighted by Gasteiger charge is -2.21. The van der Waals surface area contributed by atoms with Crippen molar-refractivity contribution in [2.24, 2.45) is 5.92 Å². The lowest BCUT2D eigenvalue weighted by molar-refractivity contribution is -0.127. The standard InChI is InChI=1S/C22H23ClN2O4.C21H20ClN3O3.C4H8O.CH4/c1-13-16(7-10-19(24-3)21(13)23)11-18(14(2)26)22(28)25-12-20(27)15-5-8-17(29-4)9-6-15;1-12-15(7-10-18(23-3)19(12)22)11-17(13(2)26)21-25-24-20(28-21)14-5-8-16(27-4)9-6-14;1-2-4-5-3-1;/h5-10,14,18,26H,11-12H2,1-2,4H3,(H,25,28);5-10,13,17,26H,11H2,1-2,4H3;1-4H2;1H4/t14-,18+;13-,17+;;/m00../s1. The summed E-state index contributed by atoms with van der Waals surface area (Å²) in [5, 5.41) is 32.1. The molecule has 334 valence electrons. The largest absolute Gasteiger partial charge is 0.497 e. The van der Waals surface area contributed by atoms with Crippen LogP contribution in [0.3, 0.4) is 0 Å². The van der Waals surface area contributed by atoms with Crippen molar-refractivity contribution in [3.63, 3.8) is 0 Å². The van der Waals surface area contributed by atoms with Crippen molar-refractivity contribution in [1.29, 1.82) is 0 Å². The van der Waals surface area contributed by atoms with Crippen molar-refractivity contribution in [2.75, 3.05) is 34.0 Å². The molecule has 0 saturated carbocycles. The number of Topliss-reactive ketones (excluding diaryl/α,β-unsaturated/α-hetero) is 1. The summed E-state index contributed by atoms with van der Waals surface area (Å²) >= 11 is 12.5. The van der Waals surface area contributed by atoms with Crippen LogP contribution in [0.25, 0.3) is 21.1 Å². The van der Waals surface area contributed by atoms with E-state index in [-0.39, 0.29) is 26.2 Å². The molecule has 4 atom stereocenters. The van der Waals surface area contributed by atoms with Crippen molar-refractivity contribution in [3.05, 3.63) is 139 Å². The summed E-state index contributed by atoms with van der Waals surface area (Å²) < 4.78 is 21.0. The number of hydrogen-bond donors (Lipinski definition) is 3. The SMILES string of the molecule is C.C1CCOC1.[C-]#[N+]c1ccc(C[C@@H](C(=O)NCC(=O)c2ccc(OC)cc2)[C@H](C)O)c(C)c1Cl.[C-]#[N+]c1ccc(C[C@@H](c2nnc(-c3ccc(OC)cc3)o2)[C@H](C)O)c(C)c1Cl. The lowest BCUT2D eigenvalue weighted by atomic mass is 9.91. The van der Waals surface area contributed by atoms with E-state index >= 15 is 0 Å². The number of halogens is 2. The van der Waals surface area contributed by atoms with Crippen molar-refractivity contribution in [1.82, 2.24) is 15.5 Å². The first kappa shape index (κ1) is 51.5. The molecular formula is C48H55Cl2N5O8. The van der Waals surface area contributed by atoms with Crippen LogP contribution < -0.4 is 14.8 Å². The molecule has 0 aliphatic carbocycles. The number of aromatic nitrogens is 2. The fraction of sp³-hybridized carbons (Fsp3) is 0.375. The van der Waals surface area contributed by atoms with Crippen molar-refractivity contribution in [2.45, 2.75) is 78.9 Å². The predicted octanol–water partition coefficient (Wildman–Crippen LogP) is 10.1. The van der Waals surface area contributed by atoms with Crippen LogP contribution in [0.5, 0.6) is 11.5 Å². The van der Waals surface area contributed by atoms with Gasteiger partial charge in [-0.25, -0.2) is 9.69 Å². The third kappa shape index (κ3) is 14.4. The number of carbonyl (C=O) groups excluding carboxylic acids is 2. The molecule has 6 rings (SSSR count). The van der Waals surface area contributed by atoms with E-state index in [4.69, 9.17) is 55.0 Å². The molecule has 13 nitrogen and oxygen atoms in total. The number of benzene rings is 4. The minimum absolute atomic E-state index is 0. The first-order chi connectivity index (χ1) is 29.7. The summed E-state index contributed by atoms with van der Waals surface area (Å²) in [6.45, 7) is 23.0. The molecule has 1 saturated heterocycles. The Kier molecular flexibility index (Phi) is 20.7. The van der Waals surface area contributed by atoms with E-state index in [1.165, 1.54) is 26.9 Å². The number of rotatable bonds is 14. The van der Waals surface area contributed by atoms with E-state index in [0.717, 1.165) is 41.2 Å². The van der Waals surface area contributed by atoms with E-state index in [1.54, 1.807) is 63.4 Å².